The molecule has 1 unspecified atom stereocenters. The molecule has 1 atom stereocenters. The number of aromatic nitrogens is 2. The normalized spacial score (nSPS) is 12.6. The molecular formula is C14H18ClN3S. The number of nitrogens with zero attached hydrogens (tertiary/aromatic N) is 2. The van der Waals surface area contributed by atoms with Crippen LogP contribution in [-0.4, -0.2) is 21.3 Å². The second-order valence-corrected chi connectivity index (χ2v) is 5.80. The van der Waals surface area contributed by atoms with Crippen LogP contribution >= 0.6 is 23.4 Å². The Hall–Kier alpha value is -0.970. The Kier molecular flexibility index (Phi) is 5.31. The highest BCUT2D eigenvalue weighted by molar-refractivity contribution is 7.99. The summed E-state index contributed by atoms with van der Waals surface area (Å²) in [5.41, 5.74) is 6.17. The molecule has 1 heterocycles. The molecule has 0 radical (unpaired) electrons. The minimum Gasteiger partial charge on any atom is -0.335 e. The Morgan fingerprint density at radius 3 is 2.95 bits per heavy atom. The van der Waals surface area contributed by atoms with Gasteiger partial charge in [-0.05, 0) is 19.1 Å². The van der Waals surface area contributed by atoms with Crippen molar-refractivity contribution in [1.29, 1.82) is 0 Å². The molecule has 1 aromatic carbocycles. The molecule has 3 nitrogen and oxygen atoms in total. The third kappa shape index (κ3) is 4.00. The van der Waals surface area contributed by atoms with Crippen molar-refractivity contribution in [3.63, 3.8) is 0 Å². The van der Waals surface area contributed by atoms with Gasteiger partial charge in [0.05, 0.1) is 5.02 Å². The van der Waals surface area contributed by atoms with Crippen LogP contribution in [-0.2, 0) is 13.0 Å². The Morgan fingerprint density at radius 2 is 2.21 bits per heavy atom. The van der Waals surface area contributed by atoms with Gasteiger partial charge in [-0.3, -0.25) is 0 Å². The van der Waals surface area contributed by atoms with Crippen LogP contribution in [0.4, 0.5) is 0 Å². The Bertz CT molecular complexity index is 527. The van der Waals surface area contributed by atoms with Crippen molar-refractivity contribution in [3.8, 4) is 0 Å². The van der Waals surface area contributed by atoms with Gasteiger partial charge in [0.15, 0.2) is 0 Å². The van der Waals surface area contributed by atoms with Crippen LogP contribution in [0.3, 0.4) is 0 Å². The van der Waals surface area contributed by atoms with Crippen LogP contribution in [0.25, 0.3) is 0 Å². The Labute approximate surface area is 123 Å². The molecule has 0 amide bonds. The van der Waals surface area contributed by atoms with E-state index in [-0.39, 0.29) is 6.04 Å². The second kappa shape index (κ2) is 6.98. The van der Waals surface area contributed by atoms with E-state index in [4.69, 9.17) is 17.3 Å². The van der Waals surface area contributed by atoms with E-state index < -0.39 is 0 Å². The molecule has 0 fully saturated rings. The summed E-state index contributed by atoms with van der Waals surface area (Å²) in [4.78, 5) is 5.43. The van der Waals surface area contributed by atoms with Crippen LogP contribution < -0.4 is 5.73 Å². The van der Waals surface area contributed by atoms with Gasteiger partial charge in [0, 0.05) is 42.0 Å². The van der Waals surface area contributed by atoms with Crippen LogP contribution in [0.5, 0.6) is 0 Å². The lowest BCUT2D eigenvalue weighted by Crippen LogP contribution is -2.27. The third-order valence-corrected chi connectivity index (χ3v) is 4.58. The standard InChI is InChI=1S/C14H18ClN3S/c1-2-18-8-7-17-14(18)9-11(16)10-19-13-6-4-3-5-12(13)15/h3-8,11H,2,9-10,16H2,1H3. The summed E-state index contributed by atoms with van der Waals surface area (Å²) in [5.74, 6) is 1.88. The van der Waals surface area contributed by atoms with Crippen molar-refractivity contribution < 1.29 is 0 Å². The molecule has 2 N–H and O–H groups in total. The van der Waals surface area contributed by atoms with E-state index >= 15 is 0 Å². The highest BCUT2D eigenvalue weighted by Gasteiger charge is 2.10. The predicted molar refractivity (Wildman–Crippen MR) is 81.8 cm³/mol. The predicted octanol–water partition coefficient (Wildman–Crippen LogP) is 3.22. The molecule has 0 bridgehead atoms. The van der Waals surface area contributed by atoms with Crippen molar-refractivity contribution in [2.75, 3.05) is 5.75 Å². The van der Waals surface area contributed by atoms with Crippen molar-refractivity contribution in [2.45, 2.75) is 30.8 Å². The summed E-state index contributed by atoms with van der Waals surface area (Å²) in [7, 11) is 0. The van der Waals surface area contributed by atoms with Gasteiger partial charge >= 0.3 is 0 Å². The van der Waals surface area contributed by atoms with Gasteiger partial charge in [-0.1, -0.05) is 23.7 Å². The molecule has 0 spiro atoms. The van der Waals surface area contributed by atoms with E-state index in [1.165, 1.54) is 0 Å². The number of benzene rings is 1. The lowest BCUT2D eigenvalue weighted by atomic mass is 10.2. The maximum atomic E-state index is 6.17. The van der Waals surface area contributed by atoms with Crippen LogP contribution in [0.15, 0.2) is 41.6 Å². The van der Waals surface area contributed by atoms with Crippen molar-refractivity contribution in [3.05, 3.63) is 47.5 Å². The zero-order valence-corrected chi connectivity index (χ0v) is 12.5. The van der Waals surface area contributed by atoms with Gasteiger partial charge in [-0.15, -0.1) is 11.8 Å². The summed E-state index contributed by atoms with van der Waals surface area (Å²) in [6.45, 7) is 3.04. The van der Waals surface area contributed by atoms with E-state index in [0.717, 1.165) is 34.5 Å². The SMILES string of the molecule is CCn1ccnc1CC(N)CSc1ccccc1Cl. The number of thioether (sulfide) groups is 1. The molecule has 0 aliphatic rings. The van der Waals surface area contributed by atoms with Crippen molar-refractivity contribution in [1.82, 2.24) is 9.55 Å². The molecule has 19 heavy (non-hydrogen) atoms. The van der Waals surface area contributed by atoms with Gasteiger partial charge in [0.25, 0.3) is 0 Å². The number of rotatable bonds is 6. The maximum Gasteiger partial charge on any atom is 0.110 e. The fourth-order valence-electron chi connectivity index (χ4n) is 1.87. The fraction of sp³-hybridized carbons (Fsp3) is 0.357. The van der Waals surface area contributed by atoms with Crippen LogP contribution in [0.1, 0.15) is 12.7 Å². The molecule has 1 aromatic heterocycles. The summed E-state index contributed by atoms with van der Waals surface area (Å²) >= 11 is 7.82. The first-order chi connectivity index (χ1) is 9.20. The molecule has 5 heteroatoms. The van der Waals surface area contributed by atoms with Crippen molar-refractivity contribution >= 4 is 23.4 Å². The number of hydrogen-bond donors (Lipinski definition) is 1. The van der Waals surface area contributed by atoms with Crippen LogP contribution in [0, 0.1) is 0 Å². The molecule has 0 saturated heterocycles. The summed E-state index contributed by atoms with van der Waals surface area (Å²) < 4.78 is 2.13. The van der Waals surface area contributed by atoms with Crippen molar-refractivity contribution in [2.24, 2.45) is 5.73 Å². The third-order valence-electron chi connectivity index (χ3n) is 2.88. The van der Waals surface area contributed by atoms with Crippen LogP contribution in [0.2, 0.25) is 5.02 Å². The first-order valence-corrected chi connectivity index (χ1v) is 7.70. The van der Waals surface area contributed by atoms with Gasteiger partial charge in [-0.2, -0.15) is 0 Å². The lowest BCUT2D eigenvalue weighted by molar-refractivity contribution is 0.641. The average molecular weight is 296 g/mol. The number of nitrogens with two attached hydrogens (primary N) is 1. The smallest absolute Gasteiger partial charge is 0.110 e. The second-order valence-electron chi connectivity index (χ2n) is 4.34. The highest BCUT2D eigenvalue weighted by atomic mass is 35.5. The zero-order chi connectivity index (χ0) is 13.7. The average Bonchev–Trinajstić information content (AvgIpc) is 2.85. The molecule has 102 valence electrons. The first-order valence-electron chi connectivity index (χ1n) is 6.33. The van der Waals surface area contributed by atoms with Gasteiger partial charge in [-0.25, -0.2) is 4.98 Å². The van der Waals surface area contributed by atoms with Gasteiger partial charge in [0.1, 0.15) is 5.82 Å². The quantitative estimate of drug-likeness (QED) is 0.832. The molecule has 2 rings (SSSR count). The van der Waals surface area contributed by atoms with Gasteiger partial charge in [0.2, 0.25) is 0 Å². The van der Waals surface area contributed by atoms with Gasteiger partial charge < -0.3 is 10.3 Å². The maximum absolute atomic E-state index is 6.17. The number of aryl methyl sites for hydroxylation is 1. The number of hydrogen-bond acceptors (Lipinski definition) is 3. The summed E-state index contributed by atoms with van der Waals surface area (Å²) in [5, 5.41) is 0.787. The number of halogens is 1. The molecule has 0 saturated carbocycles. The Balaban J connectivity index is 1.88. The lowest BCUT2D eigenvalue weighted by Gasteiger charge is -2.12. The molecular weight excluding hydrogens is 278 g/mol. The minimum absolute atomic E-state index is 0.0778. The van der Waals surface area contributed by atoms with E-state index in [9.17, 15) is 0 Å². The topological polar surface area (TPSA) is 43.8 Å². The largest absolute Gasteiger partial charge is 0.335 e. The van der Waals surface area contributed by atoms with E-state index in [0.29, 0.717) is 0 Å². The summed E-state index contributed by atoms with van der Waals surface area (Å²) in [6, 6.07) is 7.92. The highest BCUT2D eigenvalue weighted by Crippen LogP contribution is 2.27. The first kappa shape index (κ1) is 14.4. The van der Waals surface area contributed by atoms with E-state index in [1.807, 2.05) is 36.7 Å². The molecule has 0 aliphatic heterocycles. The number of imidazole rings is 1. The molecule has 2 aromatic rings. The Morgan fingerprint density at radius 1 is 1.42 bits per heavy atom. The summed E-state index contributed by atoms with van der Waals surface area (Å²) in [6.07, 6.45) is 4.61. The molecule has 0 aliphatic carbocycles. The monoisotopic (exact) mass is 295 g/mol. The van der Waals surface area contributed by atoms with E-state index in [2.05, 4.69) is 16.5 Å². The van der Waals surface area contributed by atoms with E-state index in [1.54, 1.807) is 11.8 Å². The zero-order valence-electron chi connectivity index (χ0n) is 10.9. The fourth-order valence-corrected chi connectivity index (χ4v) is 3.06. The minimum atomic E-state index is 0.0778.